The summed E-state index contributed by atoms with van der Waals surface area (Å²) in [7, 11) is -3.49. The van der Waals surface area contributed by atoms with Crippen molar-refractivity contribution in [2.75, 3.05) is 29.0 Å². The molecule has 3 heterocycles. The van der Waals surface area contributed by atoms with Gasteiger partial charge in [-0.25, -0.2) is 18.1 Å². The highest BCUT2D eigenvalue weighted by Gasteiger charge is 2.24. The molecule has 1 fully saturated rings. The standard InChI is InChI=1S/C23H27N7O4S/c1-3-4-11-29-21-19(26-23(29)28-10-6-8-17(24)14-28)13-25-30(22(21)32)15-20(31)16-7-5-9-18(12-16)27-35(2,33)34/h5,7,9,12-13,17,27H,6,8,10-11,14-15,24H2,1-2H3. The molecule has 3 N–H and O–H groups in total. The van der Waals surface area contributed by atoms with Crippen molar-refractivity contribution in [3.63, 3.8) is 0 Å². The predicted octanol–water partition coefficient (Wildman–Crippen LogP) is 0.798. The third-order valence-corrected chi connectivity index (χ3v) is 6.27. The summed E-state index contributed by atoms with van der Waals surface area (Å²) in [6.45, 7) is 3.07. The Morgan fingerprint density at radius 1 is 1.34 bits per heavy atom. The zero-order valence-electron chi connectivity index (χ0n) is 19.6. The van der Waals surface area contributed by atoms with E-state index in [0.717, 1.165) is 30.3 Å². The number of piperidine rings is 1. The van der Waals surface area contributed by atoms with Crippen LogP contribution in [0.5, 0.6) is 0 Å². The van der Waals surface area contributed by atoms with Crippen molar-refractivity contribution in [1.29, 1.82) is 0 Å². The second-order valence-corrected chi connectivity index (χ2v) is 10.2. The molecule has 1 unspecified atom stereocenters. The number of hydrogen-bond donors (Lipinski definition) is 2. The van der Waals surface area contributed by atoms with Crippen LogP contribution in [0.1, 0.15) is 30.1 Å². The molecular formula is C23H27N7O4S. The van der Waals surface area contributed by atoms with Crippen molar-refractivity contribution >= 4 is 38.5 Å². The summed E-state index contributed by atoms with van der Waals surface area (Å²) >= 11 is 0. The first-order chi connectivity index (χ1) is 16.7. The maximum atomic E-state index is 13.4. The van der Waals surface area contributed by atoms with Gasteiger partial charge in [0.2, 0.25) is 16.0 Å². The number of nitrogens with zero attached hydrogens (tertiary/aromatic N) is 5. The highest BCUT2D eigenvalue weighted by atomic mass is 32.2. The summed E-state index contributed by atoms with van der Waals surface area (Å²) in [4.78, 5) is 33.0. The van der Waals surface area contributed by atoms with E-state index in [-0.39, 0.29) is 30.4 Å². The van der Waals surface area contributed by atoms with Crippen LogP contribution < -0.4 is 20.9 Å². The van der Waals surface area contributed by atoms with Gasteiger partial charge in [0.15, 0.2) is 5.78 Å². The average Bonchev–Trinajstić information content (AvgIpc) is 3.18. The molecule has 0 saturated carbocycles. The lowest BCUT2D eigenvalue weighted by molar-refractivity contribution is 0.0966. The lowest BCUT2D eigenvalue weighted by atomic mass is 10.1. The molecule has 3 aromatic rings. The Bertz CT molecular complexity index is 1500. The minimum atomic E-state index is -3.49. The number of nitrogens with one attached hydrogen (secondary N) is 1. The number of hydrogen-bond acceptors (Lipinski definition) is 8. The van der Waals surface area contributed by atoms with E-state index in [4.69, 9.17) is 5.73 Å². The van der Waals surface area contributed by atoms with Crippen LogP contribution in [0.15, 0.2) is 35.3 Å². The molecule has 11 nitrogen and oxygen atoms in total. The quantitative estimate of drug-likeness (QED) is 0.360. The van der Waals surface area contributed by atoms with Crippen LogP contribution in [-0.4, -0.2) is 58.9 Å². The summed E-state index contributed by atoms with van der Waals surface area (Å²) in [5.74, 6) is 6.07. The molecule has 35 heavy (non-hydrogen) atoms. The fourth-order valence-electron chi connectivity index (χ4n) is 4.12. The maximum Gasteiger partial charge on any atom is 0.293 e. The fourth-order valence-corrected chi connectivity index (χ4v) is 4.68. The van der Waals surface area contributed by atoms with Gasteiger partial charge in [-0.05, 0) is 31.9 Å². The monoisotopic (exact) mass is 497 g/mol. The first kappa shape index (κ1) is 24.4. The van der Waals surface area contributed by atoms with Gasteiger partial charge in [0.05, 0.1) is 19.0 Å². The number of aromatic nitrogens is 4. The SMILES string of the molecule is CC#CCn1c(N2CCCC(N)C2)nc2cnn(CC(=O)c3cccc(NS(C)(=O)=O)c3)c(=O)c21. The third-order valence-electron chi connectivity index (χ3n) is 5.67. The minimum Gasteiger partial charge on any atom is -0.341 e. The van der Waals surface area contributed by atoms with Gasteiger partial charge in [0.1, 0.15) is 17.6 Å². The Morgan fingerprint density at radius 2 is 2.14 bits per heavy atom. The zero-order valence-corrected chi connectivity index (χ0v) is 20.4. The molecule has 184 valence electrons. The van der Waals surface area contributed by atoms with E-state index in [2.05, 4.69) is 31.5 Å². The van der Waals surface area contributed by atoms with Gasteiger partial charge in [-0.2, -0.15) is 5.10 Å². The number of anilines is 2. The molecule has 1 aromatic carbocycles. The Morgan fingerprint density at radius 3 is 2.86 bits per heavy atom. The molecule has 0 radical (unpaired) electrons. The van der Waals surface area contributed by atoms with Gasteiger partial charge >= 0.3 is 0 Å². The average molecular weight is 498 g/mol. The lowest BCUT2D eigenvalue weighted by Crippen LogP contribution is -2.44. The second kappa shape index (κ2) is 9.89. The minimum absolute atomic E-state index is 0.0228. The van der Waals surface area contributed by atoms with Crippen LogP contribution in [0.4, 0.5) is 11.6 Å². The highest BCUT2D eigenvalue weighted by Crippen LogP contribution is 2.23. The molecular weight excluding hydrogens is 470 g/mol. The molecule has 1 saturated heterocycles. The molecule has 0 aliphatic carbocycles. The number of benzene rings is 1. The lowest BCUT2D eigenvalue weighted by Gasteiger charge is -2.31. The van der Waals surface area contributed by atoms with Crippen molar-refractivity contribution < 1.29 is 13.2 Å². The fraction of sp³-hybridized carbons (Fsp3) is 0.391. The molecule has 2 aromatic heterocycles. The third kappa shape index (κ3) is 5.52. The van der Waals surface area contributed by atoms with E-state index < -0.39 is 21.4 Å². The molecule has 1 aliphatic heterocycles. The van der Waals surface area contributed by atoms with Gasteiger partial charge in [-0.3, -0.25) is 18.9 Å². The van der Waals surface area contributed by atoms with Gasteiger partial charge in [-0.15, -0.1) is 5.92 Å². The van der Waals surface area contributed by atoms with E-state index >= 15 is 0 Å². The summed E-state index contributed by atoms with van der Waals surface area (Å²) < 4.78 is 28.2. The van der Waals surface area contributed by atoms with Gasteiger partial charge < -0.3 is 10.6 Å². The van der Waals surface area contributed by atoms with E-state index in [0.29, 0.717) is 23.5 Å². The number of Topliss-reactive ketones (excluding diaryl/α,β-unsaturated/α-hetero) is 1. The first-order valence-electron chi connectivity index (χ1n) is 11.1. The number of carbonyl (C=O) groups is 1. The Balaban J connectivity index is 1.70. The smallest absolute Gasteiger partial charge is 0.293 e. The normalized spacial score (nSPS) is 16.1. The second-order valence-electron chi connectivity index (χ2n) is 8.49. The van der Waals surface area contributed by atoms with Crippen LogP contribution in [0.2, 0.25) is 0 Å². The van der Waals surface area contributed by atoms with Crippen LogP contribution >= 0.6 is 0 Å². The molecule has 0 spiro atoms. The number of rotatable bonds is 7. The van der Waals surface area contributed by atoms with E-state index in [1.54, 1.807) is 23.6 Å². The molecule has 4 rings (SSSR count). The Labute approximate surface area is 203 Å². The Hall–Kier alpha value is -3.69. The van der Waals surface area contributed by atoms with Crippen molar-refractivity contribution in [1.82, 2.24) is 19.3 Å². The molecule has 12 heteroatoms. The van der Waals surface area contributed by atoms with Gasteiger partial charge in [0.25, 0.3) is 5.56 Å². The van der Waals surface area contributed by atoms with E-state index in [1.165, 1.54) is 18.3 Å². The number of sulfonamides is 1. The van der Waals surface area contributed by atoms with Crippen molar-refractivity contribution in [2.24, 2.45) is 5.73 Å². The summed E-state index contributed by atoms with van der Waals surface area (Å²) in [6.07, 6.45) is 4.35. The van der Waals surface area contributed by atoms with Crippen molar-refractivity contribution in [2.45, 2.75) is 38.9 Å². The highest BCUT2D eigenvalue weighted by molar-refractivity contribution is 7.92. The van der Waals surface area contributed by atoms with Crippen LogP contribution in [0.3, 0.4) is 0 Å². The number of carbonyl (C=O) groups excluding carboxylic acids is 1. The summed E-state index contributed by atoms with van der Waals surface area (Å²) in [5, 5.41) is 4.17. The van der Waals surface area contributed by atoms with E-state index in [9.17, 15) is 18.0 Å². The molecule has 0 bridgehead atoms. The van der Waals surface area contributed by atoms with Gasteiger partial charge in [0, 0.05) is 30.4 Å². The predicted molar refractivity (Wildman–Crippen MR) is 134 cm³/mol. The number of imidazole rings is 1. The maximum absolute atomic E-state index is 13.4. The van der Waals surface area contributed by atoms with Crippen molar-refractivity contribution in [3.05, 3.63) is 46.4 Å². The molecule has 1 aliphatic rings. The zero-order chi connectivity index (χ0) is 25.2. The van der Waals surface area contributed by atoms with Crippen LogP contribution in [-0.2, 0) is 23.1 Å². The van der Waals surface area contributed by atoms with Gasteiger partial charge in [-0.1, -0.05) is 18.1 Å². The Kier molecular flexibility index (Phi) is 6.90. The van der Waals surface area contributed by atoms with E-state index in [1.807, 2.05) is 0 Å². The number of fused-ring (bicyclic) bond motifs is 1. The summed E-state index contributed by atoms with van der Waals surface area (Å²) in [5.41, 5.74) is 6.94. The van der Waals surface area contributed by atoms with Crippen LogP contribution in [0, 0.1) is 11.8 Å². The topological polar surface area (TPSA) is 145 Å². The van der Waals surface area contributed by atoms with Crippen LogP contribution in [0.25, 0.3) is 11.0 Å². The number of ketones is 1. The summed E-state index contributed by atoms with van der Waals surface area (Å²) in [6, 6.07) is 6.10. The van der Waals surface area contributed by atoms with Crippen molar-refractivity contribution in [3.8, 4) is 11.8 Å². The first-order valence-corrected chi connectivity index (χ1v) is 13.0. The molecule has 1 atom stereocenters. The number of nitrogens with two attached hydrogens (primary N) is 1. The largest absolute Gasteiger partial charge is 0.341 e. The molecule has 0 amide bonds.